The van der Waals surface area contributed by atoms with Crippen molar-refractivity contribution in [3.8, 4) is 6.07 Å². The average molecular weight is 271 g/mol. The molecule has 102 valence electrons. The summed E-state index contributed by atoms with van der Waals surface area (Å²) in [5, 5.41) is 8.71. The Labute approximate surface area is 108 Å². The molecule has 1 aromatic rings. The molecule has 19 heavy (non-hydrogen) atoms. The van der Waals surface area contributed by atoms with Crippen LogP contribution in [0.2, 0.25) is 0 Å². The van der Waals surface area contributed by atoms with Crippen LogP contribution in [0.3, 0.4) is 0 Å². The van der Waals surface area contributed by atoms with Crippen LogP contribution in [0.1, 0.15) is 12.5 Å². The van der Waals surface area contributed by atoms with E-state index in [1.54, 1.807) is 0 Å². The van der Waals surface area contributed by atoms with Gasteiger partial charge in [-0.25, -0.2) is 0 Å². The molecule has 4 nitrogen and oxygen atoms in total. The third-order valence-electron chi connectivity index (χ3n) is 2.70. The monoisotopic (exact) mass is 271 g/mol. The highest BCUT2D eigenvalue weighted by molar-refractivity contribution is 6.00. The largest absolute Gasteiger partial charge is 0.415 e. The van der Waals surface area contributed by atoms with Gasteiger partial charge in [-0.15, -0.1) is 0 Å². The highest BCUT2D eigenvalue weighted by Gasteiger charge is 2.55. The van der Waals surface area contributed by atoms with Crippen LogP contribution in [0.4, 0.5) is 18.9 Å². The van der Waals surface area contributed by atoms with Gasteiger partial charge in [-0.05, 0) is 25.1 Å². The lowest BCUT2D eigenvalue weighted by Crippen LogP contribution is -2.61. The molecule has 0 aliphatic carbocycles. The highest BCUT2D eigenvalue weighted by Crippen LogP contribution is 2.30. The number of hydrogen-bond acceptors (Lipinski definition) is 3. The molecule has 0 saturated heterocycles. The second-order valence-electron chi connectivity index (χ2n) is 4.23. The maximum atomic E-state index is 12.7. The first-order valence-corrected chi connectivity index (χ1v) is 5.25. The molecule has 7 heteroatoms. The molecular weight excluding hydrogens is 259 g/mol. The predicted octanol–water partition coefficient (Wildman–Crippen LogP) is 1.80. The molecular formula is C12H12F3N3O. The van der Waals surface area contributed by atoms with Gasteiger partial charge in [-0.2, -0.15) is 18.4 Å². The summed E-state index contributed by atoms with van der Waals surface area (Å²) < 4.78 is 38.0. The molecule has 0 bridgehead atoms. The van der Waals surface area contributed by atoms with Crippen molar-refractivity contribution in [3.05, 3.63) is 29.8 Å². The minimum absolute atomic E-state index is 0.171. The number of anilines is 1. The summed E-state index contributed by atoms with van der Waals surface area (Å²) in [6.45, 7) is 0.611. The fourth-order valence-electron chi connectivity index (χ4n) is 1.37. The average Bonchev–Trinajstić information content (AvgIpc) is 2.35. The number of halogens is 3. The first kappa shape index (κ1) is 15.0. The number of carbonyl (C=O) groups excluding carboxylic acids is 1. The van der Waals surface area contributed by atoms with Gasteiger partial charge in [0, 0.05) is 12.7 Å². The summed E-state index contributed by atoms with van der Waals surface area (Å²) in [4.78, 5) is 12.6. The van der Waals surface area contributed by atoms with E-state index in [2.05, 4.69) is 0 Å². The molecule has 0 aliphatic rings. The van der Waals surface area contributed by atoms with Crippen molar-refractivity contribution in [2.24, 2.45) is 5.73 Å². The Morgan fingerprint density at radius 2 is 2.00 bits per heavy atom. The number of hydrogen-bond donors (Lipinski definition) is 1. The first-order valence-electron chi connectivity index (χ1n) is 5.25. The van der Waals surface area contributed by atoms with Crippen molar-refractivity contribution in [2.75, 3.05) is 11.9 Å². The molecule has 0 heterocycles. The van der Waals surface area contributed by atoms with Crippen molar-refractivity contribution >= 4 is 11.6 Å². The van der Waals surface area contributed by atoms with Crippen LogP contribution in [0.15, 0.2) is 24.3 Å². The molecule has 0 aliphatic heterocycles. The van der Waals surface area contributed by atoms with E-state index in [4.69, 9.17) is 11.0 Å². The fraction of sp³-hybridized carbons (Fsp3) is 0.333. The van der Waals surface area contributed by atoms with Gasteiger partial charge in [0.05, 0.1) is 11.6 Å². The van der Waals surface area contributed by atoms with Crippen molar-refractivity contribution in [2.45, 2.75) is 18.6 Å². The lowest BCUT2D eigenvalue weighted by molar-refractivity contribution is -0.185. The Balaban J connectivity index is 3.10. The molecule has 1 rings (SSSR count). The quantitative estimate of drug-likeness (QED) is 0.891. The molecule has 1 atom stereocenters. The smallest absolute Gasteiger partial charge is 0.314 e. The maximum absolute atomic E-state index is 12.7. The van der Waals surface area contributed by atoms with E-state index in [9.17, 15) is 18.0 Å². The van der Waals surface area contributed by atoms with Crippen molar-refractivity contribution in [3.63, 3.8) is 0 Å². The van der Waals surface area contributed by atoms with Crippen molar-refractivity contribution < 1.29 is 18.0 Å². The topological polar surface area (TPSA) is 70.1 Å². The molecule has 1 unspecified atom stereocenters. The molecule has 0 fully saturated rings. The van der Waals surface area contributed by atoms with Gasteiger partial charge in [0.25, 0.3) is 5.91 Å². The van der Waals surface area contributed by atoms with E-state index in [0.29, 0.717) is 6.92 Å². The van der Waals surface area contributed by atoms with Crippen LogP contribution >= 0.6 is 0 Å². The van der Waals surface area contributed by atoms with Crippen LogP contribution in [-0.4, -0.2) is 24.7 Å². The Bertz CT molecular complexity index is 532. The number of benzene rings is 1. The summed E-state index contributed by atoms with van der Waals surface area (Å²) in [5.41, 5.74) is 2.49. The van der Waals surface area contributed by atoms with Crippen LogP contribution in [0.5, 0.6) is 0 Å². The molecule has 0 aromatic heterocycles. The number of likely N-dealkylation sites (N-methyl/N-ethyl adjacent to an activating group) is 1. The van der Waals surface area contributed by atoms with Gasteiger partial charge in [0.15, 0.2) is 5.54 Å². The zero-order chi connectivity index (χ0) is 14.8. The molecule has 0 saturated carbocycles. The molecule has 0 radical (unpaired) electrons. The number of nitrogens with zero attached hydrogens (tertiary/aromatic N) is 2. The van der Waals surface area contributed by atoms with Crippen LogP contribution in [0, 0.1) is 11.3 Å². The van der Waals surface area contributed by atoms with Crippen molar-refractivity contribution in [1.82, 2.24) is 0 Å². The van der Waals surface area contributed by atoms with Crippen LogP contribution in [0.25, 0.3) is 0 Å². The Morgan fingerprint density at radius 3 is 2.47 bits per heavy atom. The lowest BCUT2D eigenvalue weighted by Gasteiger charge is -2.30. The number of alkyl halides is 3. The van der Waals surface area contributed by atoms with Gasteiger partial charge >= 0.3 is 6.18 Å². The van der Waals surface area contributed by atoms with E-state index in [1.165, 1.54) is 31.3 Å². The summed E-state index contributed by atoms with van der Waals surface area (Å²) >= 11 is 0. The Morgan fingerprint density at radius 1 is 1.42 bits per heavy atom. The van der Waals surface area contributed by atoms with Crippen molar-refractivity contribution in [1.29, 1.82) is 5.26 Å². The molecule has 2 N–H and O–H groups in total. The Kier molecular flexibility index (Phi) is 3.86. The number of amides is 1. The van der Waals surface area contributed by atoms with Gasteiger partial charge in [-0.3, -0.25) is 4.79 Å². The summed E-state index contributed by atoms with van der Waals surface area (Å²) in [6, 6.07) is 7.52. The first-order chi connectivity index (χ1) is 8.61. The number of nitriles is 1. The van der Waals surface area contributed by atoms with Crippen LogP contribution in [-0.2, 0) is 4.79 Å². The molecule has 0 spiro atoms. The maximum Gasteiger partial charge on any atom is 0.415 e. The second-order valence-corrected chi connectivity index (χ2v) is 4.23. The predicted molar refractivity (Wildman–Crippen MR) is 63.2 cm³/mol. The summed E-state index contributed by atoms with van der Waals surface area (Å²) in [6.07, 6.45) is -4.86. The highest BCUT2D eigenvalue weighted by atomic mass is 19.4. The number of nitrogens with two attached hydrogens (primary N) is 1. The van der Waals surface area contributed by atoms with E-state index < -0.39 is 17.6 Å². The van der Waals surface area contributed by atoms with Gasteiger partial charge in [0.2, 0.25) is 0 Å². The zero-order valence-corrected chi connectivity index (χ0v) is 10.3. The minimum Gasteiger partial charge on any atom is -0.314 e. The fourth-order valence-corrected chi connectivity index (χ4v) is 1.37. The lowest BCUT2D eigenvalue weighted by atomic mass is 10.0. The van der Waals surface area contributed by atoms with E-state index >= 15 is 0 Å². The van der Waals surface area contributed by atoms with E-state index in [0.717, 1.165) is 4.90 Å². The standard InChI is InChI=1S/C12H12F3N3O/c1-11(17,12(13,14)15)10(19)18(2)9-5-3-4-8(6-9)7-16/h3-6H,17H2,1-2H3. The number of carbonyl (C=O) groups is 1. The van der Waals surface area contributed by atoms with Gasteiger partial charge in [0.1, 0.15) is 0 Å². The van der Waals surface area contributed by atoms with Gasteiger partial charge < -0.3 is 10.6 Å². The third-order valence-corrected chi connectivity index (χ3v) is 2.70. The second kappa shape index (κ2) is 4.90. The van der Waals surface area contributed by atoms with E-state index in [1.807, 2.05) is 6.07 Å². The number of rotatable bonds is 2. The van der Waals surface area contributed by atoms with Crippen LogP contribution < -0.4 is 10.6 Å². The minimum atomic E-state index is -4.86. The van der Waals surface area contributed by atoms with E-state index in [-0.39, 0.29) is 11.3 Å². The summed E-state index contributed by atoms with van der Waals surface area (Å²) in [7, 11) is 1.18. The summed E-state index contributed by atoms with van der Waals surface area (Å²) in [5.74, 6) is -1.30. The third kappa shape index (κ3) is 2.85. The normalized spacial score (nSPS) is 14.4. The molecule has 1 aromatic carbocycles. The Hall–Kier alpha value is -2.07. The SMILES string of the molecule is CN(C(=O)C(C)(N)C(F)(F)F)c1cccc(C#N)c1. The zero-order valence-electron chi connectivity index (χ0n) is 10.3. The molecule has 1 amide bonds. The van der Waals surface area contributed by atoms with Gasteiger partial charge in [-0.1, -0.05) is 6.07 Å².